The lowest BCUT2D eigenvalue weighted by atomic mass is 10.2. The van der Waals surface area contributed by atoms with Gasteiger partial charge in [0.15, 0.2) is 5.13 Å². The second-order valence-electron chi connectivity index (χ2n) is 5.78. The average molecular weight is 380 g/mol. The van der Waals surface area contributed by atoms with Crippen LogP contribution in [0.4, 0.5) is 5.13 Å². The first kappa shape index (κ1) is 17.8. The lowest BCUT2D eigenvalue weighted by molar-refractivity contribution is -0.132. The minimum absolute atomic E-state index is 0.0170. The van der Waals surface area contributed by atoms with Gasteiger partial charge < -0.3 is 10.6 Å². The van der Waals surface area contributed by atoms with E-state index in [1.807, 2.05) is 5.38 Å². The molecule has 2 aromatic rings. The van der Waals surface area contributed by atoms with Crippen molar-refractivity contribution in [3.63, 3.8) is 0 Å². The van der Waals surface area contributed by atoms with Crippen LogP contribution in [0.3, 0.4) is 0 Å². The molecule has 0 radical (unpaired) electrons. The molecule has 1 saturated heterocycles. The quantitative estimate of drug-likeness (QED) is 0.840. The van der Waals surface area contributed by atoms with Gasteiger partial charge in [0.1, 0.15) is 0 Å². The highest BCUT2D eigenvalue weighted by atomic mass is 32.2. The second-order valence-corrected chi connectivity index (χ2v) is 8.60. The molecule has 2 heterocycles. The highest BCUT2D eigenvalue weighted by Gasteiger charge is 2.29. The minimum atomic E-state index is -3.49. The molecule has 0 aliphatic carbocycles. The van der Waals surface area contributed by atoms with Crippen LogP contribution in [0.2, 0.25) is 0 Å². The third-order valence-corrected chi connectivity index (χ3v) is 6.77. The molecule has 1 aromatic heterocycles. The summed E-state index contributed by atoms with van der Waals surface area (Å²) in [6.45, 7) is 1.44. The molecule has 9 heteroatoms. The zero-order valence-electron chi connectivity index (χ0n) is 13.7. The lowest BCUT2D eigenvalue weighted by Crippen LogP contribution is -2.50. The van der Waals surface area contributed by atoms with Crippen LogP contribution in [0.1, 0.15) is 12.1 Å². The summed E-state index contributed by atoms with van der Waals surface area (Å²) in [5, 5.41) is 2.36. The number of hydrogen-bond donors (Lipinski definition) is 1. The van der Waals surface area contributed by atoms with Crippen molar-refractivity contribution in [1.82, 2.24) is 14.2 Å². The molecule has 0 unspecified atom stereocenters. The molecule has 25 heavy (non-hydrogen) atoms. The van der Waals surface area contributed by atoms with E-state index in [9.17, 15) is 13.2 Å². The van der Waals surface area contributed by atoms with E-state index in [1.54, 1.807) is 35.2 Å². The Balaban J connectivity index is 1.54. The maximum absolute atomic E-state index is 12.6. The van der Waals surface area contributed by atoms with Gasteiger partial charge in [0, 0.05) is 38.0 Å². The van der Waals surface area contributed by atoms with Gasteiger partial charge in [0.2, 0.25) is 15.9 Å². The monoisotopic (exact) mass is 380 g/mol. The van der Waals surface area contributed by atoms with Crippen molar-refractivity contribution in [2.75, 3.05) is 31.9 Å². The summed E-state index contributed by atoms with van der Waals surface area (Å²) in [5.41, 5.74) is 6.40. The highest BCUT2D eigenvalue weighted by molar-refractivity contribution is 7.89. The van der Waals surface area contributed by atoms with E-state index in [4.69, 9.17) is 5.73 Å². The Hall–Kier alpha value is -1.97. The number of hydrogen-bond acceptors (Lipinski definition) is 6. The number of sulfonamides is 1. The van der Waals surface area contributed by atoms with Gasteiger partial charge in [0.05, 0.1) is 10.6 Å². The summed E-state index contributed by atoms with van der Waals surface area (Å²) in [5.74, 6) is 0.0170. The van der Waals surface area contributed by atoms with Gasteiger partial charge in [-0.2, -0.15) is 4.31 Å². The fourth-order valence-corrected chi connectivity index (χ4v) is 4.79. The zero-order chi connectivity index (χ0) is 17.9. The van der Waals surface area contributed by atoms with Gasteiger partial charge in [-0.15, -0.1) is 11.3 Å². The van der Waals surface area contributed by atoms with E-state index in [0.29, 0.717) is 44.2 Å². The predicted octanol–water partition coefficient (Wildman–Crippen LogP) is 1.19. The number of nitrogens with two attached hydrogens (primary N) is 1. The predicted molar refractivity (Wildman–Crippen MR) is 96.6 cm³/mol. The number of aryl methyl sites for hydroxylation is 1. The van der Waals surface area contributed by atoms with Crippen molar-refractivity contribution in [1.29, 1.82) is 0 Å². The van der Waals surface area contributed by atoms with Crippen molar-refractivity contribution in [2.24, 2.45) is 0 Å². The van der Waals surface area contributed by atoms with Gasteiger partial charge in [-0.25, -0.2) is 13.4 Å². The van der Waals surface area contributed by atoms with Gasteiger partial charge >= 0.3 is 0 Å². The minimum Gasteiger partial charge on any atom is -0.375 e. The topological polar surface area (TPSA) is 96.6 Å². The maximum Gasteiger partial charge on any atom is 0.243 e. The number of carbonyl (C=O) groups is 1. The van der Waals surface area contributed by atoms with Crippen molar-refractivity contribution in [3.8, 4) is 0 Å². The van der Waals surface area contributed by atoms with E-state index in [2.05, 4.69) is 4.98 Å². The van der Waals surface area contributed by atoms with E-state index in [-0.39, 0.29) is 10.8 Å². The first-order valence-corrected chi connectivity index (χ1v) is 10.3. The number of amides is 1. The van der Waals surface area contributed by atoms with Crippen molar-refractivity contribution in [2.45, 2.75) is 17.7 Å². The fraction of sp³-hybridized carbons (Fsp3) is 0.375. The van der Waals surface area contributed by atoms with Crippen LogP contribution >= 0.6 is 11.3 Å². The van der Waals surface area contributed by atoms with E-state index in [1.165, 1.54) is 15.6 Å². The standard InChI is InChI=1S/C16H20N4O3S2/c17-16-18-13(12-24-16)6-7-15(21)19-8-10-20(11-9-19)25(22,23)14-4-2-1-3-5-14/h1-5,12H,6-11H2,(H2,17,18). The SMILES string of the molecule is Nc1nc(CCC(=O)N2CCN(S(=O)(=O)c3ccccc3)CC2)cs1. The van der Waals surface area contributed by atoms with Crippen LogP contribution in [-0.2, 0) is 21.2 Å². The van der Waals surface area contributed by atoms with Crippen LogP contribution in [0, 0.1) is 0 Å². The lowest BCUT2D eigenvalue weighted by Gasteiger charge is -2.34. The molecule has 0 saturated carbocycles. The molecule has 1 amide bonds. The second kappa shape index (κ2) is 7.51. The number of benzene rings is 1. The molecule has 1 aliphatic rings. The molecule has 1 aromatic carbocycles. The zero-order valence-corrected chi connectivity index (χ0v) is 15.3. The summed E-state index contributed by atoms with van der Waals surface area (Å²) in [7, 11) is -3.49. The van der Waals surface area contributed by atoms with Gasteiger partial charge in [-0.05, 0) is 18.6 Å². The third kappa shape index (κ3) is 4.17. The summed E-state index contributed by atoms with van der Waals surface area (Å²) in [6, 6.07) is 8.38. The molecular formula is C16H20N4O3S2. The number of thiazole rings is 1. The average Bonchev–Trinajstić information content (AvgIpc) is 3.06. The van der Waals surface area contributed by atoms with Gasteiger partial charge in [-0.3, -0.25) is 4.79 Å². The molecule has 1 aliphatic heterocycles. The molecule has 3 rings (SSSR count). The van der Waals surface area contributed by atoms with Crippen LogP contribution in [-0.4, -0.2) is 54.7 Å². The Morgan fingerprint density at radius 1 is 1.16 bits per heavy atom. The molecule has 0 atom stereocenters. The largest absolute Gasteiger partial charge is 0.375 e. The van der Waals surface area contributed by atoms with Gasteiger partial charge in [0.25, 0.3) is 0 Å². The number of nitrogens with zero attached hydrogens (tertiary/aromatic N) is 3. The fourth-order valence-electron chi connectivity index (χ4n) is 2.75. The van der Waals surface area contributed by atoms with Crippen molar-refractivity contribution in [3.05, 3.63) is 41.4 Å². The Labute approximate surface area is 151 Å². The number of piperazine rings is 1. The van der Waals surface area contributed by atoms with E-state index in [0.717, 1.165) is 5.69 Å². The van der Waals surface area contributed by atoms with Crippen LogP contribution in [0.15, 0.2) is 40.6 Å². The smallest absolute Gasteiger partial charge is 0.243 e. The van der Waals surface area contributed by atoms with Crippen LogP contribution in [0.25, 0.3) is 0 Å². The maximum atomic E-state index is 12.6. The Kier molecular flexibility index (Phi) is 5.36. The summed E-state index contributed by atoms with van der Waals surface area (Å²) in [6.07, 6.45) is 0.906. The molecule has 2 N–H and O–H groups in total. The molecule has 0 spiro atoms. The molecule has 134 valence electrons. The number of nitrogen functional groups attached to an aromatic ring is 1. The molecule has 7 nitrogen and oxygen atoms in total. The van der Waals surface area contributed by atoms with Gasteiger partial charge in [-0.1, -0.05) is 18.2 Å². The van der Waals surface area contributed by atoms with Crippen LogP contribution < -0.4 is 5.73 Å². The number of carbonyl (C=O) groups excluding carboxylic acids is 1. The van der Waals surface area contributed by atoms with Crippen molar-refractivity contribution < 1.29 is 13.2 Å². The Morgan fingerprint density at radius 3 is 2.44 bits per heavy atom. The molecular weight excluding hydrogens is 360 g/mol. The Morgan fingerprint density at radius 2 is 1.84 bits per heavy atom. The summed E-state index contributed by atoms with van der Waals surface area (Å²) in [4.78, 5) is 18.5. The van der Waals surface area contributed by atoms with Crippen LogP contribution in [0.5, 0.6) is 0 Å². The Bertz CT molecular complexity index is 828. The molecule has 0 bridgehead atoms. The first-order valence-electron chi connectivity index (χ1n) is 7.99. The summed E-state index contributed by atoms with van der Waals surface area (Å²) < 4.78 is 26.6. The first-order chi connectivity index (χ1) is 12.0. The number of aromatic nitrogens is 1. The summed E-state index contributed by atoms with van der Waals surface area (Å²) >= 11 is 1.36. The normalized spacial score (nSPS) is 16.1. The third-order valence-electron chi connectivity index (χ3n) is 4.14. The van der Waals surface area contributed by atoms with E-state index < -0.39 is 10.0 Å². The van der Waals surface area contributed by atoms with E-state index >= 15 is 0 Å². The number of rotatable bonds is 5. The number of anilines is 1. The molecule has 1 fully saturated rings. The highest BCUT2D eigenvalue weighted by Crippen LogP contribution is 2.18. The van der Waals surface area contributed by atoms with Crippen molar-refractivity contribution >= 4 is 32.4 Å².